The Morgan fingerprint density at radius 1 is 1.52 bits per heavy atom. The van der Waals surface area contributed by atoms with Crippen LogP contribution in [0.2, 0.25) is 0 Å². The van der Waals surface area contributed by atoms with Gasteiger partial charge in [-0.3, -0.25) is 14.4 Å². The molecule has 0 radical (unpaired) electrons. The van der Waals surface area contributed by atoms with Crippen LogP contribution in [0, 0.1) is 0 Å². The lowest BCUT2D eigenvalue weighted by molar-refractivity contribution is -0.146. The van der Waals surface area contributed by atoms with Crippen LogP contribution in [0.4, 0.5) is 0 Å². The molecule has 0 amide bonds. The van der Waals surface area contributed by atoms with Gasteiger partial charge in [-0.1, -0.05) is 0 Å². The first-order chi connectivity index (χ1) is 10.0. The van der Waals surface area contributed by atoms with Crippen molar-refractivity contribution in [3.05, 3.63) is 29.0 Å². The Morgan fingerprint density at radius 3 is 2.95 bits per heavy atom. The Kier molecular flexibility index (Phi) is 3.12. The van der Waals surface area contributed by atoms with E-state index in [9.17, 15) is 14.4 Å². The Hall–Kier alpha value is -2.44. The molecule has 1 unspecified atom stereocenters. The van der Waals surface area contributed by atoms with Crippen molar-refractivity contribution in [2.45, 2.75) is 32.9 Å². The molecule has 1 N–H and O–H groups in total. The van der Waals surface area contributed by atoms with E-state index in [0.29, 0.717) is 31.0 Å². The highest BCUT2D eigenvalue weighted by Gasteiger charge is 2.38. The van der Waals surface area contributed by atoms with Gasteiger partial charge >= 0.3 is 5.97 Å². The van der Waals surface area contributed by atoms with Crippen LogP contribution in [0.25, 0.3) is 0 Å². The molecule has 7 nitrogen and oxygen atoms in total. The predicted octanol–water partition coefficient (Wildman–Crippen LogP) is 0.763. The van der Waals surface area contributed by atoms with E-state index in [2.05, 4.69) is 10.3 Å². The van der Waals surface area contributed by atoms with E-state index in [1.807, 2.05) is 6.92 Å². The molecular weight excluding hydrogens is 274 g/mol. The SMILES string of the molecule is CCNC1=CC(=O)c2c(nc3n2CCC3OC(C)=O)C1=O. The molecule has 0 saturated carbocycles. The summed E-state index contributed by atoms with van der Waals surface area (Å²) in [6.45, 7) is 4.23. The summed E-state index contributed by atoms with van der Waals surface area (Å²) >= 11 is 0. The van der Waals surface area contributed by atoms with Gasteiger partial charge in [-0.05, 0) is 6.92 Å². The Labute approximate surface area is 121 Å². The van der Waals surface area contributed by atoms with Gasteiger partial charge in [-0.25, -0.2) is 4.98 Å². The zero-order chi connectivity index (χ0) is 15.1. The predicted molar refractivity (Wildman–Crippen MR) is 71.8 cm³/mol. The number of ether oxygens (including phenoxy) is 1. The Bertz CT molecular complexity index is 687. The lowest BCUT2D eigenvalue weighted by Gasteiger charge is -2.13. The van der Waals surface area contributed by atoms with Gasteiger partial charge < -0.3 is 14.6 Å². The summed E-state index contributed by atoms with van der Waals surface area (Å²) in [4.78, 5) is 39.9. The van der Waals surface area contributed by atoms with E-state index >= 15 is 0 Å². The maximum atomic E-state index is 12.3. The number of fused-ring (bicyclic) bond motifs is 3. The maximum Gasteiger partial charge on any atom is 0.303 e. The number of ketones is 2. The first kappa shape index (κ1) is 13.5. The van der Waals surface area contributed by atoms with Crippen LogP contribution >= 0.6 is 0 Å². The molecule has 21 heavy (non-hydrogen) atoms. The van der Waals surface area contributed by atoms with E-state index in [4.69, 9.17) is 4.74 Å². The zero-order valence-electron chi connectivity index (χ0n) is 11.8. The number of imidazole rings is 1. The van der Waals surface area contributed by atoms with Crippen molar-refractivity contribution >= 4 is 17.5 Å². The first-order valence-corrected chi connectivity index (χ1v) is 6.85. The molecular formula is C14H15N3O4. The summed E-state index contributed by atoms with van der Waals surface area (Å²) in [7, 11) is 0. The van der Waals surface area contributed by atoms with Crippen LogP contribution in [-0.4, -0.2) is 33.6 Å². The number of esters is 1. The number of aromatic nitrogens is 2. The van der Waals surface area contributed by atoms with Crippen molar-refractivity contribution in [2.24, 2.45) is 0 Å². The lowest BCUT2D eigenvalue weighted by Crippen LogP contribution is -2.27. The number of carbonyl (C=O) groups excluding carboxylic acids is 3. The van der Waals surface area contributed by atoms with Gasteiger partial charge in [0.15, 0.2) is 11.9 Å². The van der Waals surface area contributed by atoms with Gasteiger partial charge in [0.05, 0.1) is 5.70 Å². The number of allylic oxidation sites excluding steroid dienone is 2. The van der Waals surface area contributed by atoms with Gasteiger partial charge in [0.25, 0.3) is 0 Å². The number of nitrogens with one attached hydrogen (secondary N) is 1. The maximum absolute atomic E-state index is 12.3. The van der Waals surface area contributed by atoms with Gasteiger partial charge in [0.2, 0.25) is 11.6 Å². The molecule has 1 aliphatic carbocycles. The number of hydrogen-bond donors (Lipinski definition) is 1. The van der Waals surface area contributed by atoms with Crippen LogP contribution in [0.5, 0.6) is 0 Å². The van der Waals surface area contributed by atoms with Gasteiger partial charge in [0, 0.05) is 32.5 Å². The second kappa shape index (κ2) is 4.83. The molecule has 0 spiro atoms. The van der Waals surface area contributed by atoms with E-state index in [1.54, 1.807) is 4.57 Å². The molecule has 7 heteroatoms. The highest BCUT2D eigenvalue weighted by Crippen LogP contribution is 2.33. The smallest absolute Gasteiger partial charge is 0.303 e. The summed E-state index contributed by atoms with van der Waals surface area (Å²) in [5.74, 6) is -0.473. The second-order valence-corrected chi connectivity index (χ2v) is 4.99. The van der Waals surface area contributed by atoms with Gasteiger partial charge in [-0.15, -0.1) is 0 Å². The molecule has 2 aliphatic rings. The zero-order valence-corrected chi connectivity index (χ0v) is 11.8. The quantitative estimate of drug-likeness (QED) is 0.826. The topological polar surface area (TPSA) is 90.3 Å². The minimum absolute atomic E-state index is 0.144. The standard InChI is InChI=1S/C14H15N3O4/c1-3-15-8-6-9(19)12-11(13(8)20)16-14-10(21-7(2)18)4-5-17(12)14/h6,10,15H,3-5H2,1-2H3. The largest absolute Gasteiger partial charge is 0.454 e. The molecule has 3 rings (SSSR count). The third kappa shape index (κ3) is 2.05. The molecule has 0 fully saturated rings. The van der Waals surface area contributed by atoms with Crippen molar-refractivity contribution in [3.63, 3.8) is 0 Å². The number of likely N-dealkylation sites (N-methyl/N-ethyl adjacent to an activating group) is 1. The normalized spacial score (nSPS) is 19.9. The fourth-order valence-electron chi connectivity index (χ4n) is 2.75. The van der Waals surface area contributed by atoms with Crippen LogP contribution < -0.4 is 5.32 Å². The minimum Gasteiger partial charge on any atom is -0.454 e. The van der Waals surface area contributed by atoms with Crippen molar-refractivity contribution in [2.75, 3.05) is 6.54 Å². The van der Waals surface area contributed by atoms with Crippen molar-refractivity contribution in [1.29, 1.82) is 0 Å². The van der Waals surface area contributed by atoms with E-state index in [0.717, 1.165) is 0 Å². The number of hydrogen-bond acceptors (Lipinski definition) is 6. The summed E-state index contributed by atoms with van der Waals surface area (Å²) in [5, 5.41) is 2.87. The number of carbonyl (C=O) groups is 3. The van der Waals surface area contributed by atoms with Gasteiger partial charge in [-0.2, -0.15) is 0 Å². The fourth-order valence-corrected chi connectivity index (χ4v) is 2.75. The van der Waals surface area contributed by atoms with Crippen LogP contribution in [-0.2, 0) is 16.1 Å². The van der Waals surface area contributed by atoms with Crippen LogP contribution in [0.3, 0.4) is 0 Å². The number of Topliss-reactive ketones (excluding diaryl/α,β-unsaturated/α-hetero) is 1. The van der Waals surface area contributed by atoms with Crippen molar-refractivity contribution in [3.8, 4) is 0 Å². The van der Waals surface area contributed by atoms with Gasteiger partial charge in [0.1, 0.15) is 11.4 Å². The molecule has 1 atom stereocenters. The third-order valence-corrected chi connectivity index (χ3v) is 3.54. The Balaban J connectivity index is 2.02. The Morgan fingerprint density at radius 2 is 2.29 bits per heavy atom. The molecule has 1 aromatic heterocycles. The summed E-state index contributed by atoms with van der Waals surface area (Å²) in [6, 6.07) is 0. The highest BCUT2D eigenvalue weighted by molar-refractivity contribution is 6.22. The third-order valence-electron chi connectivity index (χ3n) is 3.54. The molecule has 110 valence electrons. The van der Waals surface area contributed by atoms with Crippen molar-refractivity contribution in [1.82, 2.24) is 14.9 Å². The molecule has 0 bridgehead atoms. The summed E-state index contributed by atoms with van der Waals surface area (Å²) in [5.41, 5.74) is 0.701. The van der Waals surface area contributed by atoms with Crippen LogP contribution in [0.15, 0.2) is 11.8 Å². The molecule has 0 saturated heterocycles. The summed E-state index contributed by atoms with van der Waals surface area (Å²) in [6.07, 6.45) is 1.39. The molecule has 1 aliphatic heterocycles. The monoisotopic (exact) mass is 289 g/mol. The fraction of sp³-hybridized carbons (Fsp3) is 0.429. The summed E-state index contributed by atoms with van der Waals surface area (Å²) < 4.78 is 6.87. The second-order valence-electron chi connectivity index (χ2n) is 4.99. The lowest BCUT2D eigenvalue weighted by atomic mass is 10.0. The molecule has 2 heterocycles. The average molecular weight is 289 g/mol. The molecule has 0 aromatic carbocycles. The van der Waals surface area contributed by atoms with Crippen molar-refractivity contribution < 1.29 is 19.1 Å². The van der Waals surface area contributed by atoms with E-state index < -0.39 is 12.1 Å². The first-order valence-electron chi connectivity index (χ1n) is 6.85. The average Bonchev–Trinajstić information content (AvgIpc) is 2.96. The molecule has 1 aromatic rings. The highest BCUT2D eigenvalue weighted by atomic mass is 16.5. The minimum atomic E-state index is -0.490. The van der Waals surface area contributed by atoms with Crippen LogP contribution in [0.1, 0.15) is 53.2 Å². The van der Waals surface area contributed by atoms with E-state index in [1.165, 1.54) is 13.0 Å². The number of rotatable bonds is 3. The van der Waals surface area contributed by atoms with E-state index in [-0.39, 0.29) is 23.0 Å². The number of nitrogens with zero attached hydrogens (tertiary/aromatic N) is 2.